The molecule has 3 rings (SSSR count). The van der Waals surface area contributed by atoms with Gasteiger partial charge in [-0.25, -0.2) is 0 Å². The largest absolute Gasteiger partial charge is 0.456 e. The number of fused-ring (bicyclic) bond motifs is 1. The first-order valence-electron chi connectivity index (χ1n) is 8.27. The van der Waals surface area contributed by atoms with Gasteiger partial charge in [0.15, 0.2) is 5.76 Å². The minimum atomic E-state index is -0.0851. The Morgan fingerprint density at radius 1 is 1.30 bits per heavy atom. The second kappa shape index (κ2) is 6.00. The number of carbonyl (C=O) groups excluding carboxylic acids is 2. The van der Waals surface area contributed by atoms with E-state index in [9.17, 15) is 9.59 Å². The molecule has 1 aromatic rings. The molecule has 0 aromatic carbocycles. The van der Waals surface area contributed by atoms with E-state index in [-0.39, 0.29) is 29.9 Å². The molecular formula is C17H25N3O3. The lowest BCUT2D eigenvalue weighted by Crippen LogP contribution is -2.50. The topological polar surface area (TPSA) is 65.8 Å². The van der Waals surface area contributed by atoms with Crippen LogP contribution in [0.5, 0.6) is 0 Å². The van der Waals surface area contributed by atoms with Crippen molar-refractivity contribution in [2.75, 3.05) is 20.1 Å². The van der Waals surface area contributed by atoms with Crippen LogP contribution in [0.3, 0.4) is 0 Å². The number of hydrogen-bond donors (Lipinski definition) is 1. The lowest BCUT2D eigenvalue weighted by atomic mass is 10.0. The number of carbonyl (C=O) groups is 2. The van der Waals surface area contributed by atoms with E-state index in [1.54, 1.807) is 13.1 Å². The molecule has 2 amide bonds. The third-order valence-corrected chi connectivity index (χ3v) is 5.06. The van der Waals surface area contributed by atoms with Crippen molar-refractivity contribution >= 4 is 11.8 Å². The average Bonchev–Trinajstić information content (AvgIpc) is 3.18. The molecule has 1 N–H and O–H groups in total. The van der Waals surface area contributed by atoms with E-state index in [1.165, 1.54) is 0 Å². The lowest BCUT2D eigenvalue weighted by molar-refractivity contribution is -0.126. The normalized spacial score (nSPS) is 27.5. The fraction of sp³-hybridized carbons (Fsp3) is 0.647. The molecule has 0 saturated carbocycles. The van der Waals surface area contributed by atoms with Gasteiger partial charge in [-0.05, 0) is 45.2 Å². The molecule has 6 nitrogen and oxygen atoms in total. The van der Waals surface area contributed by atoms with Gasteiger partial charge in [0.05, 0.1) is 6.04 Å². The molecule has 2 saturated heterocycles. The number of rotatable bonds is 3. The van der Waals surface area contributed by atoms with Crippen LogP contribution in [0, 0.1) is 12.8 Å². The summed E-state index contributed by atoms with van der Waals surface area (Å²) >= 11 is 0. The highest BCUT2D eigenvalue weighted by molar-refractivity contribution is 5.92. The fourth-order valence-electron chi connectivity index (χ4n) is 4.09. The molecule has 2 aliphatic heterocycles. The zero-order chi connectivity index (χ0) is 16.7. The number of likely N-dealkylation sites (N-methyl/N-ethyl adjacent to an activating group) is 1. The van der Waals surface area contributed by atoms with Crippen LogP contribution in [0.25, 0.3) is 0 Å². The van der Waals surface area contributed by atoms with E-state index in [0.717, 1.165) is 12.2 Å². The summed E-state index contributed by atoms with van der Waals surface area (Å²) < 4.78 is 5.46. The molecule has 23 heavy (non-hydrogen) atoms. The summed E-state index contributed by atoms with van der Waals surface area (Å²) in [6.45, 7) is 7.41. The number of nitrogens with one attached hydrogen (secondary N) is 1. The zero-order valence-electron chi connectivity index (χ0n) is 14.2. The fourth-order valence-corrected chi connectivity index (χ4v) is 4.09. The van der Waals surface area contributed by atoms with Crippen LogP contribution in [-0.2, 0) is 4.79 Å². The second-order valence-corrected chi connectivity index (χ2v) is 6.85. The number of likely N-dealkylation sites (tertiary alicyclic amines) is 2. The van der Waals surface area contributed by atoms with Gasteiger partial charge in [-0.15, -0.1) is 0 Å². The van der Waals surface area contributed by atoms with Gasteiger partial charge < -0.3 is 14.6 Å². The third kappa shape index (κ3) is 2.76. The Morgan fingerprint density at radius 2 is 2.04 bits per heavy atom. The number of aryl methyl sites for hydroxylation is 1. The van der Waals surface area contributed by atoms with Crippen molar-refractivity contribution in [2.45, 2.75) is 45.3 Å². The van der Waals surface area contributed by atoms with Crippen LogP contribution < -0.4 is 5.32 Å². The summed E-state index contributed by atoms with van der Waals surface area (Å²) in [7, 11) is 1.68. The standard InChI is InChI=1S/C17H25N3O3/c1-10(2)20-13(16(21)18-4)7-12-8-19(9-14(12)20)17(22)15-6-5-11(3)23-15/h5-6,10,12-14H,7-9H2,1-4H3,(H,18,21)/t12-,13-,14+/m0/s1. The highest BCUT2D eigenvalue weighted by atomic mass is 16.3. The van der Waals surface area contributed by atoms with Crippen molar-refractivity contribution in [1.29, 1.82) is 0 Å². The van der Waals surface area contributed by atoms with Gasteiger partial charge in [-0.2, -0.15) is 0 Å². The molecule has 3 atom stereocenters. The van der Waals surface area contributed by atoms with Gasteiger partial charge in [-0.3, -0.25) is 14.5 Å². The Hall–Kier alpha value is -1.82. The number of amides is 2. The van der Waals surface area contributed by atoms with Crippen LogP contribution >= 0.6 is 0 Å². The summed E-state index contributed by atoms with van der Waals surface area (Å²) in [5.74, 6) is 1.53. The molecule has 0 bridgehead atoms. The van der Waals surface area contributed by atoms with Crippen molar-refractivity contribution in [2.24, 2.45) is 5.92 Å². The SMILES string of the molecule is CNC(=O)[C@@H]1C[C@H]2CN(C(=O)c3ccc(C)o3)C[C@H]2N1C(C)C. The highest BCUT2D eigenvalue weighted by Crippen LogP contribution is 2.37. The molecular weight excluding hydrogens is 294 g/mol. The molecule has 2 aliphatic rings. The van der Waals surface area contributed by atoms with E-state index in [1.807, 2.05) is 17.9 Å². The molecule has 126 valence electrons. The quantitative estimate of drug-likeness (QED) is 0.911. The van der Waals surface area contributed by atoms with Crippen LogP contribution in [0.2, 0.25) is 0 Å². The minimum absolute atomic E-state index is 0.0484. The molecule has 6 heteroatoms. The average molecular weight is 319 g/mol. The Labute approximate surface area is 136 Å². The Bertz CT molecular complexity index is 610. The monoisotopic (exact) mass is 319 g/mol. The summed E-state index contributed by atoms with van der Waals surface area (Å²) in [5.41, 5.74) is 0. The number of hydrogen-bond acceptors (Lipinski definition) is 4. The molecule has 0 radical (unpaired) electrons. The summed E-state index contributed by atoms with van der Waals surface area (Å²) in [6, 6.07) is 3.98. The second-order valence-electron chi connectivity index (χ2n) is 6.85. The minimum Gasteiger partial charge on any atom is -0.456 e. The Kier molecular flexibility index (Phi) is 4.19. The van der Waals surface area contributed by atoms with Crippen molar-refractivity contribution in [3.05, 3.63) is 23.7 Å². The Balaban J connectivity index is 1.75. The van der Waals surface area contributed by atoms with E-state index in [2.05, 4.69) is 24.1 Å². The first kappa shape index (κ1) is 16.1. The summed E-state index contributed by atoms with van der Waals surface area (Å²) in [5, 5.41) is 2.77. The summed E-state index contributed by atoms with van der Waals surface area (Å²) in [4.78, 5) is 28.9. The maximum Gasteiger partial charge on any atom is 0.289 e. The number of nitrogens with zero attached hydrogens (tertiary/aromatic N) is 2. The third-order valence-electron chi connectivity index (χ3n) is 5.06. The van der Waals surface area contributed by atoms with Crippen LogP contribution in [-0.4, -0.2) is 59.9 Å². The van der Waals surface area contributed by atoms with E-state index in [0.29, 0.717) is 24.8 Å². The smallest absolute Gasteiger partial charge is 0.289 e. The van der Waals surface area contributed by atoms with Gasteiger partial charge in [-0.1, -0.05) is 0 Å². The molecule has 0 unspecified atom stereocenters. The predicted molar refractivity (Wildman–Crippen MR) is 86.1 cm³/mol. The van der Waals surface area contributed by atoms with Crippen molar-refractivity contribution in [3.8, 4) is 0 Å². The van der Waals surface area contributed by atoms with Crippen molar-refractivity contribution in [3.63, 3.8) is 0 Å². The first-order valence-corrected chi connectivity index (χ1v) is 8.27. The maximum absolute atomic E-state index is 12.6. The lowest BCUT2D eigenvalue weighted by Gasteiger charge is -2.32. The van der Waals surface area contributed by atoms with Gasteiger partial charge >= 0.3 is 0 Å². The van der Waals surface area contributed by atoms with Gasteiger partial charge in [0, 0.05) is 32.2 Å². The van der Waals surface area contributed by atoms with Gasteiger partial charge in [0.25, 0.3) is 5.91 Å². The van der Waals surface area contributed by atoms with E-state index in [4.69, 9.17) is 4.42 Å². The molecule has 0 spiro atoms. The van der Waals surface area contributed by atoms with Gasteiger partial charge in [0.1, 0.15) is 5.76 Å². The molecule has 2 fully saturated rings. The van der Waals surface area contributed by atoms with Crippen molar-refractivity contribution in [1.82, 2.24) is 15.1 Å². The summed E-state index contributed by atoms with van der Waals surface area (Å²) in [6.07, 6.45) is 0.809. The zero-order valence-corrected chi connectivity index (χ0v) is 14.2. The first-order chi connectivity index (χ1) is 10.9. The molecule has 1 aromatic heterocycles. The predicted octanol–water partition coefficient (Wildman–Crippen LogP) is 1.26. The van der Waals surface area contributed by atoms with E-state index < -0.39 is 0 Å². The van der Waals surface area contributed by atoms with Crippen LogP contribution in [0.15, 0.2) is 16.5 Å². The van der Waals surface area contributed by atoms with E-state index >= 15 is 0 Å². The highest BCUT2D eigenvalue weighted by Gasteiger charge is 2.50. The Morgan fingerprint density at radius 3 is 2.61 bits per heavy atom. The van der Waals surface area contributed by atoms with Gasteiger partial charge in [0.2, 0.25) is 5.91 Å². The van der Waals surface area contributed by atoms with Crippen molar-refractivity contribution < 1.29 is 14.0 Å². The molecule has 3 heterocycles. The molecule has 0 aliphatic carbocycles. The van der Waals surface area contributed by atoms with Crippen LogP contribution in [0.1, 0.15) is 36.6 Å². The maximum atomic E-state index is 12.6. The van der Waals surface area contributed by atoms with Crippen LogP contribution in [0.4, 0.5) is 0 Å². The number of furan rings is 1.